The molecular formula is C18H15FN2OS. The summed E-state index contributed by atoms with van der Waals surface area (Å²) in [7, 11) is 0. The number of rotatable bonds is 6. The van der Waals surface area contributed by atoms with Crippen LogP contribution in [0.4, 0.5) is 4.39 Å². The van der Waals surface area contributed by atoms with Crippen LogP contribution in [0.2, 0.25) is 0 Å². The van der Waals surface area contributed by atoms with E-state index in [0.29, 0.717) is 12.1 Å². The van der Waals surface area contributed by atoms with Crippen molar-refractivity contribution in [2.24, 2.45) is 0 Å². The third kappa shape index (κ3) is 4.07. The van der Waals surface area contributed by atoms with Crippen molar-refractivity contribution in [2.75, 3.05) is 5.75 Å². The zero-order chi connectivity index (χ0) is 16.1. The van der Waals surface area contributed by atoms with E-state index in [4.69, 9.17) is 0 Å². The predicted molar refractivity (Wildman–Crippen MR) is 89.2 cm³/mol. The van der Waals surface area contributed by atoms with Crippen molar-refractivity contribution in [3.63, 3.8) is 0 Å². The molecule has 1 aromatic heterocycles. The number of ketones is 1. The lowest BCUT2D eigenvalue weighted by molar-refractivity contribution is 0.102. The summed E-state index contributed by atoms with van der Waals surface area (Å²) in [4.78, 5) is 16.4. The number of hydrogen-bond acceptors (Lipinski definition) is 3. The molecule has 116 valence electrons. The molecule has 0 amide bonds. The van der Waals surface area contributed by atoms with Gasteiger partial charge in [-0.3, -0.25) is 4.79 Å². The Morgan fingerprint density at radius 1 is 1.09 bits per heavy atom. The molecule has 1 heterocycles. The summed E-state index contributed by atoms with van der Waals surface area (Å²) in [6.07, 6.45) is 3.63. The third-order valence-electron chi connectivity index (χ3n) is 3.37. The van der Waals surface area contributed by atoms with Gasteiger partial charge >= 0.3 is 0 Å². The van der Waals surface area contributed by atoms with Crippen LogP contribution in [0.25, 0.3) is 0 Å². The van der Waals surface area contributed by atoms with Gasteiger partial charge in [0.25, 0.3) is 0 Å². The normalized spacial score (nSPS) is 10.7. The summed E-state index contributed by atoms with van der Waals surface area (Å²) in [5.41, 5.74) is 1.69. The van der Waals surface area contributed by atoms with Gasteiger partial charge in [-0.1, -0.05) is 42.1 Å². The Kier molecular flexibility index (Phi) is 4.88. The van der Waals surface area contributed by atoms with Crippen molar-refractivity contribution in [1.29, 1.82) is 0 Å². The summed E-state index contributed by atoms with van der Waals surface area (Å²) in [5, 5.41) is 0.796. The minimum atomic E-state index is -0.340. The van der Waals surface area contributed by atoms with E-state index < -0.39 is 0 Å². The number of Topliss-reactive ketones (excluding diaryl/α,β-unsaturated/α-hetero) is 1. The van der Waals surface area contributed by atoms with Crippen LogP contribution < -0.4 is 0 Å². The van der Waals surface area contributed by atoms with E-state index in [0.717, 1.165) is 5.16 Å². The third-order valence-corrected chi connectivity index (χ3v) is 4.38. The average Bonchev–Trinajstić information content (AvgIpc) is 3.01. The predicted octanol–water partition coefficient (Wildman–Crippen LogP) is 4.05. The van der Waals surface area contributed by atoms with E-state index in [1.165, 1.54) is 41.6 Å². The molecule has 0 saturated carbocycles. The van der Waals surface area contributed by atoms with Crippen molar-refractivity contribution in [2.45, 2.75) is 11.7 Å². The molecule has 2 aromatic carbocycles. The molecule has 0 aliphatic carbocycles. The SMILES string of the molecule is O=C(CSc1nccn1Cc1ccccc1)c1ccc(F)cc1. The van der Waals surface area contributed by atoms with Gasteiger partial charge in [-0.15, -0.1) is 0 Å². The molecule has 0 spiro atoms. The van der Waals surface area contributed by atoms with Crippen LogP contribution in [0.3, 0.4) is 0 Å². The van der Waals surface area contributed by atoms with E-state index in [1.54, 1.807) is 6.20 Å². The molecule has 0 saturated heterocycles. The number of benzene rings is 2. The second-order valence-corrected chi connectivity index (χ2v) is 5.98. The quantitative estimate of drug-likeness (QED) is 0.506. The Morgan fingerprint density at radius 3 is 2.57 bits per heavy atom. The molecule has 0 aliphatic rings. The van der Waals surface area contributed by atoms with Crippen LogP contribution >= 0.6 is 11.8 Å². The second-order valence-electron chi connectivity index (χ2n) is 5.04. The van der Waals surface area contributed by atoms with Gasteiger partial charge in [0.05, 0.1) is 5.75 Å². The Labute approximate surface area is 138 Å². The Bertz CT molecular complexity index is 784. The molecular weight excluding hydrogens is 311 g/mol. The fourth-order valence-electron chi connectivity index (χ4n) is 2.19. The van der Waals surface area contributed by atoms with Crippen molar-refractivity contribution < 1.29 is 9.18 Å². The molecule has 3 rings (SSSR count). The van der Waals surface area contributed by atoms with E-state index in [1.807, 2.05) is 29.0 Å². The molecule has 0 unspecified atom stereocenters. The monoisotopic (exact) mass is 326 g/mol. The highest BCUT2D eigenvalue weighted by Crippen LogP contribution is 2.19. The number of aromatic nitrogens is 2. The van der Waals surface area contributed by atoms with E-state index in [-0.39, 0.29) is 17.4 Å². The molecule has 0 atom stereocenters. The number of thioether (sulfide) groups is 1. The van der Waals surface area contributed by atoms with Gasteiger partial charge in [-0.2, -0.15) is 0 Å². The fourth-order valence-corrected chi connectivity index (χ4v) is 3.04. The van der Waals surface area contributed by atoms with Gasteiger partial charge in [0.15, 0.2) is 10.9 Å². The van der Waals surface area contributed by atoms with Crippen LogP contribution in [0.1, 0.15) is 15.9 Å². The topological polar surface area (TPSA) is 34.9 Å². The molecule has 3 aromatic rings. The number of imidazole rings is 1. The maximum atomic E-state index is 12.9. The second kappa shape index (κ2) is 7.24. The summed E-state index contributed by atoms with van der Waals surface area (Å²) in [6, 6.07) is 15.7. The van der Waals surface area contributed by atoms with Gasteiger partial charge in [-0.25, -0.2) is 9.37 Å². The first-order valence-corrected chi connectivity index (χ1v) is 8.17. The van der Waals surface area contributed by atoms with Crippen molar-refractivity contribution in [3.05, 3.63) is 83.9 Å². The van der Waals surface area contributed by atoms with Crippen molar-refractivity contribution in [3.8, 4) is 0 Å². The summed E-state index contributed by atoms with van der Waals surface area (Å²) >= 11 is 1.39. The van der Waals surface area contributed by atoms with Gasteiger partial charge in [-0.05, 0) is 29.8 Å². The smallest absolute Gasteiger partial charge is 0.173 e. The van der Waals surface area contributed by atoms with E-state index >= 15 is 0 Å². The number of hydrogen-bond donors (Lipinski definition) is 0. The van der Waals surface area contributed by atoms with Crippen molar-refractivity contribution >= 4 is 17.5 Å². The number of carbonyl (C=O) groups is 1. The highest BCUT2D eigenvalue weighted by molar-refractivity contribution is 7.99. The molecule has 0 bridgehead atoms. The zero-order valence-corrected chi connectivity index (χ0v) is 13.2. The van der Waals surface area contributed by atoms with Gasteiger partial charge < -0.3 is 4.57 Å². The maximum absolute atomic E-state index is 12.9. The number of halogens is 1. The van der Waals surface area contributed by atoms with Gasteiger partial charge in [0, 0.05) is 24.5 Å². The van der Waals surface area contributed by atoms with E-state index in [2.05, 4.69) is 17.1 Å². The minimum Gasteiger partial charge on any atom is -0.322 e. The standard InChI is InChI=1S/C18H15FN2OS/c19-16-8-6-15(7-9-16)17(22)13-23-18-20-10-11-21(18)12-14-4-2-1-3-5-14/h1-11H,12-13H2. The van der Waals surface area contributed by atoms with Crippen LogP contribution in [-0.2, 0) is 6.54 Å². The fraction of sp³-hybridized carbons (Fsp3) is 0.111. The van der Waals surface area contributed by atoms with Crippen LogP contribution in [-0.4, -0.2) is 21.1 Å². The van der Waals surface area contributed by atoms with Gasteiger partial charge in [0.1, 0.15) is 5.82 Å². The molecule has 0 radical (unpaired) electrons. The molecule has 0 fully saturated rings. The largest absolute Gasteiger partial charge is 0.322 e. The highest BCUT2D eigenvalue weighted by atomic mass is 32.2. The molecule has 0 N–H and O–H groups in total. The first kappa shape index (κ1) is 15.5. The summed E-state index contributed by atoms with van der Waals surface area (Å²) < 4.78 is 14.9. The number of nitrogens with zero attached hydrogens (tertiary/aromatic N) is 2. The zero-order valence-electron chi connectivity index (χ0n) is 12.4. The molecule has 5 heteroatoms. The lowest BCUT2D eigenvalue weighted by Crippen LogP contribution is -2.05. The van der Waals surface area contributed by atoms with Crippen LogP contribution in [0, 0.1) is 5.82 Å². The molecule has 23 heavy (non-hydrogen) atoms. The molecule has 0 aliphatic heterocycles. The lowest BCUT2D eigenvalue weighted by atomic mass is 10.1. The minimum absolute atomic E-state index is 0.0377. The maximum Gasteiger partial charge on any atom is 0.173 e. The first-order valence-electron chi connectivity index (χ1n) is 7.19. The van der Waals surface area contributed by atoms with Gasteiger partial charge in [0.2, 0.25) is 0 Å². The van der Waals surface area contributed by atoms with Crippen LogP contribution in [0.5, 0.6) is 0 Å². The van der Waals surface area contributed by atoms with E-state index in [9.17, 15) is 9.18 Å². The Balaban J connectivity index is 1.64. The number of carbonyl (C=O) groups excluding carboxylic acids is 1. The molecule has 3 nitrogen and oxygen atoms in total. The first-order chi connectivity index (χ1) is 11.2. The average molecular weight is 326 g/mol. The highest BCUT2D eigenvalue weighted by Gasteiger charge is 2.10. The lowest BCUT2D eigenvalue weighted by Gasteiger charge is -2.07. The summed E-state index contributed by atoms with van der Waals surface area (Å²) in [5.74, 6) is -0.103. The van der Waals surface area contributed by atoms with Crippen LogP contribution in [0.15, 0.2) is 72.1 Å². The Hall–Kier alpha value is -2.40. The summed E-state index contributed by atoms with van der Waals surface area (Å²) in [6.45, 7) is 0.716. The Morgan fingerprint density at radius 2 is 1.83 bits per heavy atom. The van der Waals surface area contributed by atoms with Crippen molar-refractivity contribution in [1.82, 2.24) is 9.55 Å².